The predicted octanol–water partition coefficient (Wildman–Crippen LogP) is 1.82. The average Bonchev–Trinajstić information content (AvgIpc) is 2.06. The van der Waals surface area contributed by atoms with Crippen molar-refractivity contribution in [2.75, 3.05) is 13.6 Å². The Labute approximate surface area is 84.8 Å². The van der Waals surface area contributed by atoms with Crippen molar-refractivity contribution in [1.82, 2.24) is 5.32 Å². The highest BCUT2D eigenvalue weighted by Crippen LogP contribution is 2.03. The van der Waals surface area contributed by atoms with E-state index in [2.05, 4.69) is 5.32 Å². The number of halogens is 1. The molecule has 0 atom stereocenters. The fourth-order valence-corrected chi connectivity index (χ4v) is 1.00. The van der Waals surface area contributed by atoms with E-state index in [0.29, 0.717) is 6.54 Å². The number of hydrogen-bond donors (Lipinski definition) is 1. The molecule has 0 heterocycles. The molecule has 1 aromatic rings. The fraction of sp³-hybridized carbons (Fsp3) is 0.300. The number of rotatable bonds is 3. The fourth-order valence-electron chi connectivity index (χ4n) is 1.00. The third-order valence-corrected chi connectivity index (χ3v) is 1.71. The molecule has 72 valence electrons. The first-order valence-corrected chi connectivity index (χ1v) is 3.98. The van der Waals surface area contributed by atoms with Crippen LogP contribution in [0, 0.1) is 6.92 Å². The van der Waals surface area contributed by atoms with E-state index in [1.165, 1.54) is 5.56 Å². The van der Waals surface area contributed by atoms with Crippen LogP contribution in [0.3, 0.4) is 0 Å². The SMILES string of the molecule is CNCC(=O)c1ccc(C)cc1.Cl. The van der Waals surface area contributed by atoms with Gasteiger partial charge in [0.2, 0.25) is 0 Å². The molecule has 0 saturated heterocycles. The number of ketones is 1. The summed E-state index contributed by atoms with van der Waals surface area (Å²) in [6.07, 6.45) is 0. The van der Waals surface area contributed by atoms with Gasteiger partial charge in [-0.15, -0.1) is 12.4 Å². The minimum Gasteiger partial charge on any atom is -0.313 e. The molecule has 0 aliphatic heterocycles. The van der Waals surface area contributed by atoms with Gasteiger partial charge in [-0.1, -0.05) is 29.8 Å². The van der Waals surface area contributed by atoms with E-state index in [0.717, 1.165) is 5.56 Å². The van der Waals surface area contributed by atoms with E-state index in [9.17, 15) is 4.79 Å². The van der Waals surface area contributed by atoms with Crippen LogP contribution in [0.4, 0.5) is 0 Å². The first-order chi connectivity index (χ1) is 5.74. The number of benzene rings is 1. The predicted molar refractivity (Wildman–Crippen MR) is 56.7 cm³/mol. The van der Waals surface area contributed by atoms with Gasteiger partial charge in [0.25, 0.3) is 0 Å². The summed E-state index contributed by atoms with van der Waals surface area (Å²) in [4.78, 5) is 11.3. The van der Waals surface area contributed by atoms with E-state index in [1.54, 1.807) is 7.05 Å². The van der Waals surface area contributed by atoms with Gasteiger partial charge in [-0.25, -0.2) is 0 Å². The van der Waals surface area contributed by atoms with Crippen LogP contribution in [0.1, 0.15) is 15.9 Å². The summed E-state index contributed by atoms with van der Waals surface area (Å²) in [7, 11) is 1.77. The lowest BCUT2D eigenvalue weighted by atomic mass is 10.1. The molecule has 13 heavy (non-hydrogen) atoms. The van der Waals surface area contributed by atoms with Gasteiger partial charge in [0.1, 0.15) is 0 Å². The minimum absolute atomic E-state index is 0. The summed E-state index contributed by atoms with van der Waals surface area (Å²) in [5.74, 6) is 0.137. The van der Waals surface area contributed by atoms with Crippen molar-refractivity contribution in [2.24, 2.45) is 0 Å². The molecule has 0 radical (unpaired) electrons. The lowest BCUT2D eigenvalue weighted by Gasteiger charge is -1.99. The van der Waals surface area contributed by atoms with Gasteiger partial charge in [-0.05, 0) is 14.0 Å². The van der Waals surface area contributed by atoms with Crippen LogP contribution < -0.4 is 5.32 Å². The van der Waals surface area contributed by atoms with Crippen molar-refractivity contribution >= 4 is 18.2 Å². The Morgan fingerprint density at radius 1 is 1.31 bits per heavy atom. The van der Waals surface area contributed by atoms with Crippen molar-refractivity contribution < 1.29 is 4.79 Å². The van der Waals surface area contributed by atoms with Crippen LogP contribution in [-0.2, 0) is 0 Å². The van der Waals surface area contributed by atoms with Crippen molar-refractivity contribution in [3.63, 3.8) is 0 Å². The van der Waals surface area contributed by atoms with Gasteiger partial charge in [0.05, 0.1) is 6.54 Å². The molecular weight excluding hydrogens is 186 g/mol. The Morgan fingerprint density at radius 2 is 1.85 bits per heavy atom. The van der Waals surface area contributed by atoms with Crippen LogP contribution in [0.25, 0.3) is 0 Å². The first kappa shape index (κ1) is 12.1. The summed E-state index contributed by atoms with van der Waals surface area (Å²) >= 11 is 0. The molecule has 3 heteroatoms. The molecule has 0 aliphatic rings. The largest absolute Gasteiger partial charge is 0.313 e. The summed E-state index contributed by atoms with van der Waals surface area (Å²) in [5.41, 5.74) is 1.95. The number of carbonyl (C=O) groups excluding carboxylic acids is 1. The molecule has 0 aliphatic carbocycles. The Morgan fingerprint density at radius 3 is 2.31 bits per heavy atom. The van der Waals surface area contributed by atoms with Crippen LogP contribution >= 0.6 is 12.4 Å². The molecule has 0 unspecified atom stereocenters. The Bertz CT molecular complexity index is 269. The highest BCUT2D eigenvalue weighted by Gasteiger charge is 2.01. The van der Waals surface area contributed by atoms with Crippen LogP contribution in [0.2, 0.25) is 0 Å². The summed E-state index contributed by atoms with van der Waals surface area (Å²) in [6.45, 7) is 2.41. The summed E-state index contributed by atoms with van der Waals surface area (Å²) < 4.78 is 0. The van der Waals surface area contributed by atoms with E-state index < -0.39 is 0 Å². The third-order valence-electron chi connectivity index (χ3n) is 1.71. The summed E-state index contributed by atoms with van der Waals surface area (Å²) in [6, 6.07) is 7.61. The zero-order chi connectivity index (χ0) is 8.97. The van der Waals surface area contributed by atoms with E-state index in [-0.39, 0.29) is 18.2 Å². The highest BCUT2D eigenvalue weighted by atomic mass is 35.5. The van der Waals surface area contributed by atoms with E-state index in [4.69, 9.17) is 0 Å². The second-order valence-corrected chi connectivity index (χ2v) is 2.82. The zero-order valence-corrected chi connectivity index (χ0v) is 8.65. The van der Waals surface area contributed by atoms with Crippen molar-refractivity contribution in [1.29, 1.82) is 0 Å². The lowest BCUT2D eigenvalue weighted by Crippen LogP contribution is -2.18. The van der Waals surface area contributed by atoms with Gasteiger partial charge in [-0.2, -0.15) is 0 Å². The molecule has 0 bridgehead atoms. The normalized spacial score (nSPS) is 9.08. The van der Waals surface area contributed by atoms with E-state index >= 15 is 0 Å². The topological polar surface area (TPSA) is 29.1 Å². The zero-order valence-electron chi connectivity index (χ0n) is 7.83. The lowest BCUT2D eigenvalue weighted by molar-refractivity contribution is 0.0993. The monoisotopic (exact) mass is 199 g/mol. The Kier molecular flexibility index (Phi) is 5.35. The molecule has 0 spiro atoms. The maximum absolute atomic E-state index is 11.3. The van der Waals surface area contributed by atoms with Gasteiger partial charge >= 0.3 is 0 Å². The van der Waals surface area contributed by atoms with Gasteiger partial charge in [0, 0.05) is 5.56 Å². The highest BCUT2D eigenvalue weighted by molar-refractivity contribution is 5.97. The number of Topliss-reactive ketones (excluding diaryl/α,β-unsaturated/α-hetero) is 1. The number of carbonyl (C=O) groups is 1. The maximum atomic E-state index is 11.3. The number of aryl methyl sites for hydroxylation is 1. The Hall–Kier alpha value is -0.860. The van der Waals surface area contributed by atoms with E-state index in [1.807, 2.05) is 31.2 Å². The third kappa shape index (κ3) is 3.57. The van der Waals surface area contributed by atoms with Crippen molar-refractivity contribution in [2.45, 2.75) is 6.92 Å². The summed E-state index contributed by atoms with van der Waals surface area (Å²) in [5, 5.41) is 2.83. The van der Waals surface area contributed by atoms with Gasteiger partial charge in [0.15, 0.2) is 5.78 Å². The van der Waals surface area contributed by atoms with Crippen LogP contribution in [0.5, 0.6) is 0 Å². The smallest absolute Gasteiger partial charge is 0.176 e. The van der Waals surface area contributed by atoms with Crippen LogP contribution in [-0.4, -0.2) is 19.4 Å². The van der Waals surface area contributed by atoms with Crippen LogP contribution in [0.15, 0.2) is 24.3 Å². The second kappa shape index (κ2) is 5.73. The second-order valence-electron chi connectivity index (χ2n) is 2.82. The molecular formula is C10H14ClNO. The molecule has 0 amide bonds. The molecule has 0 fully saturated rings. The van der Waals surface area contributed by atoms with Gasteiger partial charge in [-0.3, -0.25) is 4.79 Å². The van der Waals surface area contributed by atoms with Crippen molar-refractivity contribution in [3.05, 3.63) is 35.4 Å². The Balaban J connectivity index is 0.00000144. The molecule has 1 N–H and O–H groups in total. The number of likely N-dealkylation sites (N-methyl/N-ethyl adjacent to an activating group) is 1. The molecule has 2 nitrogen and oxygen atoms in total. The maximum Gasteiger partial charge on any atom is 0.176 e. The van der Waals surface area contributed by atoms with Gasteiger partial charge < -0.3 is 5.32 Å². The molecule has 1 aromatic carbocycles. The first-order valence-electron chi connectivity index (χ1n) is 3.98. The molecule has 0 saturated carbocycles. The average molecular weight is 200 g/mol. The minimum atomic E-state index is 0. The molecule has 0 aromatic heterocycles. The number of hydrogen-bond acceptors (Lipinski definition) is 2. The standard InChI is InChI=1S/C10H13NO.ClH/c1-8-3-5-9(6-4-8)10(12)7-11-2;/h3-6,11H,7H2,1-2H3;1H. The quantitative estimate of drug-likeness (QED) is 0.753. The number of nitrogens with one attached hydrogen (secondary N) is 1. The molecule has 1 rings (SSSR count). The van der Waals surface area contributed by atoms with Crippen molar-refractivity contribution in [3.8, 4) is 0 Å².